The Morgan fingerprint density at radius 2 is 2.05 bits per heavy atom. The second kappa shape index (κ2) is 5.10. The minimum absolute atomic E-state index is 0.0540. The van der Waals surface area contributed by atoms with Crippen molar-refractivity contribution in [3.05, 3.63) is 33.9 Å². The molecule has 0 bridgehead atoms. The molecule has 110 valence electrons. The van der Waals surface area contributed by atoms with Crippen molar-refractivity contribution in [2.75, 3.05) is 11.5 Å². The molecule has 0 amide bonds. The maximum atomic E-state index is 13.2. The number of nitrogens with one attached hydrogen (secondary N) is 1. The molecule has 0 fully saturated rings. The number of sulfone groups is 1. The summed E-state index contributed by atoms with van der Waals surface area (Å²) >= 11 is 2.87. The minimum Gasteiger partial charge on any atom is -0.398 e. The highest BCUT2D eigenvalue weighted by molar-refractivity contribution is 9.10. The van der Waals surface area contributed by atoms with Crippen LogP contribution in [0.3, 0.4) is 0 Å². The summed E-state index contributed by atoms with van der Waals surface area (Å²) in [5.41, 5.74) is 5.23. The van der Waals surface area contributed by atoms with Gasteiger partial charge in [0.15, 0.2) is 9.84 Å². The second-order valence-corrected chi connectivity index (χ2v) is 8.66. The van der Waals surface area contributed by atoms with Crippen LogP contribution >= 0.6 is 15.9 Å². The van der Waals surface area contributed by atoms with Gasteiger partial charge in [-0.1, -0.05) is 6.08 Å². The zero-order chi connectivity index (χ0) is 15.1. The van der Waals surface area contributed by atoms with Gasteiger partial charge in [-0.05, 0) is 28.1 Å². The van der Waals surface area contributed by atoms with Crippen molar-refractivity contribution in [2.24, 2.45) is 0 Å². The van der Waals surface area contributed by atoms with Crippen LogP contribution in [-0.2, 0) is 19.9 Å². The van der Waals surface area contributed by atoms with E-state index in [9.17, 15) is 21.2 Å². The monoisotopic (exact) mass is 384 g/mol. The standard InChI is InChI=1S/C10H10BrFN2O4S2/c11-7-3-10(9(13)4-8(7)12)20(17,18)14-6-1-2-19(15,16)5-6/h1-4,6,14H,5,13H2. The highest BCUT2D eigenvalue weighted by Gasteiger charge is 2.28. The van der Waals surface area contributed by atoms with Crippen molar-refractivity contribution in [1.82, 2.24) is 4.72 Å². The van der Waals surface area contributed by atoms with Crippen LogP contribution in [0.15, 0.2) is 33.0 Å². The predicted octanol–water partition coefficient (Wildman–Crippen LogP) is 0.759. The molecule has 2 rings (SSSR count). The van der Waals surface area contributed by atoms with Gasteiger partial charge < -0.3 is 5.73 Å². The molecule has 1 aromatic carbocycles. The topological polar surface area (TPSA) is 106 Å². The summed E-state index contributed by atoms with van der Waals surface area (Å²) in [7, 11) is -7.43. The summed E-state index contributed by atoms with van der Waals surface area (Å²) in [5.74, 6) is -1.04. The van der Waals surface area contributed by atoms with E-state index in [0.29, 0.717) is 0 Å². The lowest BCUT2D eigenvalue weighted by molar-refractivity contribution is 0.574. The van der Waals surface area contributed by atoms with Crippen LogP contribution in [0.1, 0.15) is 0 Å². The molecule has 20 heavy (non-hydrogen) atoms. The SMILES string of the molecule is Nc1cc(F)c(Br)cc1S(=O)(=O)NC1C=CS(=O)(=O)C1. The van der Waals surface area contributed by atoms with Gasteiger partial charge in [0.25, 0.3) is 0 Å². The number of sulfonamides is 1. The van der Waals surface area contributed by atoms with Crippen molar-refractivity contribution in [3.8, 4) is 0 Å². The van der Waals surface area contributed by atoms with Gasteiger partial charge in [0.2, 0.25) is 10.0 Å². The number of nitrogens with two attached hydrogens (primary N) is 1. The number of benzene rings is 1. The Labute approximate surface area is 124 Å². The first-order valence-electron chi connectivity index (χ1n) is 5.28. The third kappa shape index (κ3) is 3.19. The largest absolute Gasteiger partial charge is 0.398 e. The fraction of sp³-hybridized carbons (Fsp3) is 0.200. The van der Waals surface area contributed by atoms with Gasteiger partial charge in [0.1, 0.15) is 10.7 Å². The zero-order valence-electron chi connectivity index (χ0n) is 9.88. The van der Waals surface area contributed by atoms with E-state index in [0.717, 1.165) is 17.5 Å². The van der Waals surface area contributed by atoms with Crippen molar-refractivity contribution >= 4 is 41.5 Å². The minimum atomic E-state index is -4.05. The summed E-state index contributed by atoms with van der Waals surface area (Å²) in [4.78, 5) is -0.316. The van der Waals surface area contributed by atoms with Gasteiger partial charge in [-0.15, -0.1) is 0 Å². The van der Waals surface area contributed by atoms with Gasteiger partial charge in [-0.2, -0.15) is 0 Å². The maximum absolute atomic E-state index is 13.2. The van der Waals surface area contributed by atoms with Crippen LogP contribution in [0.5, 0.6) is 0 Å². The number of anilines is 1. The van der Waals surface area contributed by atoms with Crippen LogP contribution in [0.4, 0.5) is 10.1 Å². The lowest BCUT2D eigenvalue weighted by Crippen LogP contribution is -2.35. The first-order chi connectivity index (χ1) is 9.11. The molecule has 10 heteroatoms. The Hall–Kier alpha value is -0.970. The van der Waals surface area contributed by atoms with Crippen LogP contribution in [0.2, 0.25) is 0 Å². The summed E-state index contributed by atoms with van der Waals surface area (Å²) in [6, 6.07) is 1.04. The lowest BCUT2D eigenvalue weighted by Gasteiger charge is -2.13. The van der Waals surface area contributed by atoms with Crippen molar-refractivity contribution < 1.29 is 21.2 Å². The third-order valence-corrected chi connectivity index (χ3v) is 6.13. The van der Waals surface area contributed by atoms with E-state index in [1.54, 1.807) is 0 Å². The number of hydrogen-bond acceptors (Lipinski definition) is 5. The number of rotatable bonds is 3. The first kappa shape index (κ1) is 15.4. The molecule has 0 aliphatic carbocycles. The van der Waals surface area contributed by atoms with Gasteiger partial charge in [-0.25, -0.2) is 25.9 Å². The van der Waals surface area contributed by atoms with Crippen molar-refractivity contribution in [1.29, 1.82) is 0 Å². The molecule has 0 saturated heterocycles. The van der Waals surface area contributed by atoms with E-state index < -0.39 is 31.7 Å². The fourth-order valence-corrected chi connectivity index (χ4v) is 4.85. The molecule has 1 aliphatic heterocycles. The van der Waals surface area contributed by atoms with Gasteiger partial charge in [0, 0.05) is 5.41 Å². The summed E-state index contributed by atoms with van der Waals surface area (Å²) < 4.78 is 62.1. The van der Waals surface area contributed by atoms with E-state index in [-0.39, 0.29) is 20.8 Å². The molecule has 1 unspecified atom stereocenters. The Morgan fingerprint density at radius 1 is 1.40 bits per heavy atom. The number of hydrogen-bond donors (Lipinski definition) is 2. The fourth-order valence-electron chi connectivity index (χ4n) is 1.69. The predicted molar refractivity (Wildman–Crippen MR) is 75.5 cm³/mol. The Kier molecular flexibility index (Phi) is 3.93. The zero-order valence-corrected chi connectivity index (χ0v) is 13.1. The molecular weight excluding hydrogens is 375 g/mol. The normalized spacial score (nSPS) is 21.2. The quantitative estimate of drug-likeness (QED) is 0.748. The Morgan fingerprint density at radius 3 is 2.60 bits per heavy atom. The van der Waals surface area contributed by atoms with E-state index in [2.05, 4.69) is 20.7 Å². The third-order valence-electron chi connectivity index (χ3n) is 2.58. The molecule has 6 nitrogen and oxygen atoms in total. The molecular formula is C10H10BrFN2O4S2. The van der Waals surface area contributed by atoms with Crippen LogP contribution in [0, 0.1) is 5.82 Å². The van der Waals surface area contributed by atoms with E-state index in [1.807, 2.05) is 0 Å². The molecule has 1 aromatic rings. The van der Waals surface area contributed by atoms with Gasteiger partial charge >= 0.3 is 0 Å². The number of halogens is 2. The summed E-state index contributed by atoms with van der Waals surface area (Å²) in [6.07, 6.45) is 1.24. The molecule has 1 aliphatic rings. The van der Waals surface area contributed by atoms with E-state index in [4.69, 9.17) is 5.73 Å². The molecule has 0 saturated carbocycles. The molecule has 1 atom stereocenters. The van der Waals surface area contributed by atoms with Gasteiger partial charge in [-0.3, -0.25) is 0 Å². The number of nitrogen functional groups attached to an aromatic ring is 1. The molecule has 3 N–H and O–H groups in total. The Bertz CT molecular complexity index is 790. The molecule has 0 spiro atoms. The average Bonchev–Trinajstić information content (AvgIpc) is 2.62. The maximum Gasteiger partial charge on any atom is 0.243 e. The first-order valence-corrected chi connectivity index (χ1v) is 9.28. The molecule has 1 heterocycles. The lowest BCUT2D eigenvalue weighted by atomic mass is 10.3. The molecule has 0 radical (unpaired) electrons. The van der Waals surface area contributed by atoms with Crippen LogP contribution in [-0.4, -0.2) is 28.6 Å². The van der Waals surface area contributed by atoms with E-state index in [1.165, 1.54) is 6.08 Å². The second-order valence-electron chi connectivity index (χ2n) is 4.19. The highest BCUT2D eigenvalue weighted by atomic mass is 79.9. The average molecular weight is 385 g/mol. The Balaban J connectivity index is 2.33. The summed E-state index contributed by atoms with van der Waals surface area (Å²) in [6.45, 7) is 0. The summed E-state index contributed by atoms with van der Waals surface area (Å²) in [5, 5.41) is 0.949. The highest BCUT2D eigenvalue weighted by Crippen LogP contribution is 2.26. The molecule has 0 aromatic heterocycles. The van der Waals surface area contributed by atoms with Crippen molar-refractivity contribution in [2.45, 2.75) is 10.9 Å². The van der Waals surface area contributed by atoms with Crippen LogP contribution < -0.4 is 10.5 Å². The van der Waals surface area contributed by atoms with Crippen molar-refractivity contribution in [3.63, 3.8) is 0 Å². The van der Waals surface area contributed by atoms with Gasteiger partial charge in [0.05, 0.1) is 22.0 Å². The van der Waals surface area contributed by atoms with E-state index >= 15 is 0 Å². The smallest absolute Gasteiger partial charge is 0.243 e. The van der Waals surface area contributed by atoms with Crippen LogP contribution in [0.25, 0.3) is 0 Å².